The molecular formula is C23H19BrCl2N4O6. The molecular weight excluding hydrogens is 579 g/mol. The van der Waals surface area contributed by atoms with Crippen molar-refractivity contribution in [2.24, 2.45) is 13.0 Å². The van der Waals surface area contributed by atoms with Crippen LogP contribution in [0.25, 0.3) is 0 Å². The largest absolute Gasteiger partial charge is 0.508 e. The Labute approximate surface area is 222 Å². The Kier molecular flexibility index (Phi) is 5.00. The molecule has 1 N–H and O–H groups in total. The lowest BCUT2D eigenvalue weighted by Crippen LogP contribution is -2.61. The molecule has 2 aromatic rings. The van der Waals surface area contributed by atoms with Crippen LogP contribution in [0.3, 0.4) is 0 Å². The number of aromatic hydroxyl groups is 1. The molecule has 2 amide bonds. The van der Waals surface area contributed by atoms with E-state index in [1.54, 1.807) is 18.2 Å². The zero-order valence-corrected chi connectivity index (χ0v) is 21.9. The third kappa shape index (κ3) is 2.73. The number of phenolic OH excluding ortho intramolecular Hbond substituents is 1. The van der Waals surface area contributed by atoms with Crippen LogP contribution in [0.4, 0.5) is 0 Å². The number of carbonyl (C=O) groups excluding carboxylic acids is 2. The number of nitrogens with zero attached hydrogens (tertiary/aromatic N) is 4. The van der Waals surface area contributed by atoms with Crippen LogP contribution in [0.1, 0.15) is 18.0 Å². The summed E-state index contributed by atoms with van der Waals surface area (Å²) in [5.74, 6) is -1.68. The van der Waals surface area contributed by atoms with Crippen molar-refractivity contribution in [2.45, 2.75) is 35.2 Å². The minimum absolute atomic E-state index is 0.0433. The minimum atomic E-state index is -1.91. The zero-order valence-electron chi connectivity index (χ0n) is 18.8. The van der Waals surface area contributed by atoms with Gasteiger partial charge in [-0.3, -0.25) is 14.5 Å². The fourth-order valence-electron chi connectivity index (χ4n) is 5.94. The number of imide groups is 1. The number of phenols is 1. The molecule has 1 aliphatic carbocycles. The molecule has 13 heteroatoms. The highest BCUT2D eigenvalue weighted by atomic mass is 79.9. The number of hydrogen-bond donors (Lipinski definition) is 1. The van der Waals surface area contributed by atoms with Crippen LogP contribution >= 0.6 is 39.1 Å². The van der Waals surface area contributed by atoms with Gasteiger partial charge in [-0.15, -0.1) is 23.2 Å². The lowest BCUT2D eigenvalue weighted by atomic mass is 9.63. The SMILES string of the molecule is Cn1c(=O)n2n(c1=O)[C@@H]1C[C@@]3(Cl)C(=O)N(CBr)C(=O)[C@@]3(Cl)[C@@H](C3=COc4ccc(O)cc4C3)C1=CC2. The highest BCUT2D eigenvalue weighted by Crippen LogP contribution is 2.62. The van der Waals surface area contributed by atoms with Crippen LogP contribution in [0.2, 0.25) is 0 Å². The Balaban J connectivity index is 1.58. The van der Waals surface area contributed by atoms with Crippen LogP contribution in [-0.2, 0) is 29.6 Å². The van der Waals surface area contributed by atoms with E-state index in [1.165, 1.54) is 28.7 Å². The second kappa shape index (κ2) is 7.62. The number of allylic oxidation sites excluding steroid dienone is 3. The van der Waals surface area contributed by atoms with E-state index in [0.29, 0.717) is 22.5 Å². The van der Waals surface area contributed by atoms with Crippen LogP contribution in [-0.4, -0.2) is 51.0 Å². The monoisotopic (exact) mass is 596 g/mol. The summed E-state index contributed by atoms with van der Waals surface area (Å²) in [7, 11) is 1.38. The topological polar surface area (TPSA) is 116 Å². The van der Waals surface area contributed by atoms with Crippen molar-refractivity contribution >= 4 is 50.9 Å². The van der Waals surface area contributed by atoms with E-state index in [4.69, 9.17) is 27.9 Å². The van der Waals surface area contributed by atoms with Gasteiger partial charge in [-0.1, -0.05) is 22.0 Å². The average Bonchev–Trinajstić information content (AvgIpc) is 3.16. The van der Waals surface area contributed by atoms with Crippen molar-refractivity contribution in [3.05, 3.63) is 68.2 Å². The van der Waals surface area contributed by atoms with Crippen LogP contribution in [0.15, 0.2) is 51.3 Å². The third-order valence-electron chi connectivity index (χ3n) is 7.62. The van der Waals surface area contributed by atoms with Gasteiger partial charge in [0, 0.05) is 31.4 Å². The number of ether oxygens (including phenoxy) is 1. The van der Waals surface area contributed by atoms with Crippen LogP contribution in [0, 0.1) is 5.92 Å². The molecule has 1 saturated carbocycles. The second-order valence-electron chi connectivity index (χ2n) is 9.36. The Morgan fingerprint density at radius 2 is 1.92 bits per heavy atom. The fraction of sp³-hybridized carbons (Fsp3) is 0.391. The van der Waals surface area contributed by atoms with Crippen LogP contribution in [0.5, 0.6) is 11.5 Å². The highest BCUT2D eigenvalue weighted by Gasteiger charge is 2.75. The van der Waals surface area contributed by atoms with Crippen LogP contribution < -0.4 is 16.1 Å². The van der Waals surface area contributed by atoms with Gasteiger partial charge < -0.3 is 9.84 Å². The van der Waals surface area contributed by atoms with Gasteiger partial charge in [-0.2, -0.15) is 0 Å². The standard InChI is InChI=1S/C23H19BrCl2N4O6/c1-27-20(34)29-5-4-14-15(30(29)21(27)35)8-22(25)18(32)28(10-24)19(33)23(22,26)17(14)12-6-11-7-13(31)2-3-16(11)36-9-12/h2-4,7,9,15,17,31H,5-6,8,10H2,1H3/t15-,17+,22-,23+/m1/s1. The van der Waals surface area contributed by atoms with Crippen molar-refractivity contribution in [2.75, 3.05) is 5.45 Å². The summed E-state index contributed by atoms with van der Waals surface area (Å²) < 4.78 is 9.41. The number of fused-ring (bicyclic) bond motifs is 5. The molecule has 4 heterocycles. The van der Waals surface area contributed by atoms with E-state index in [-0.39, 0.29) is 30.6 Å². The summed E-state index contributed by atoms with van der Waals surface area (Å²) in [6.07, 6.45) is 3.35. The van der Waals surface area contributed by atoms with Gasteiger partial charge in [0.2, 0.25) is 0 Å². The molecule has 4 atom stereocenters. The summed E-state index contributed by atoms with van der Waals surface area (Å²) in [4.78, 5) is 50.1. The maximum absolute atomic E-state index is 13.7. The molecule has 0 unspecified atom stereocenters. The molecule has 188 valence electrons. The number of aromatic nitrogens is 3. The van der Waals surface area contributed by atoms with Crippen molar-refractivity contribution < 1.29 is 19.4 Å². The van der Waals surface area contributed by atoms with Gasteiger partial charge in [0.15, 0.2) is 9.75 Å². The van der Waals surface area contributed by atoms with E-state index in [1.807, 2.05) is 0 Å². The normalized spacial score (nSPS) is 30.6. The lowest BCUT2D eigenvalue weighted by molar-refractivity contribution is -0.138. The molecule has 0 spiro atoms. The van der Waals surface area contributed by atoms with E-state index < -0.39 is 44.9 Å². The first-order valence-electron chi connectivity index (χ1n) is 11.1. The number of amides is 2. The van der Waals surface area contributed by atoms with Gasteiger partial charge in [-0.25, -0.2) is 23.5 Å². The van der Waals surface area contributed by atoms with E-state index in [0.717, 1.165) is 9.47 Å². The summed E-state index contributed by atoms with van der Waals surface area (Å²) in [6, 6.07) is 3.88. The molecule has 6 rings (SSSR count). The molecule has 1 saturated heterocycles. The number of likely N-dealkylation sites (tertiary alicyclic amines) is 1. The van der Waals surface area contributed by atoms with Gasteiger partial charge in [0.1, 0.15) is 11.5 Å². The second-order valence-corrected chi connectivity index (χ2v) is 11.1. The number of alkyl halides is 3. The lowest BCUT2D eigenvalue weighted by Gasteiger charge is -2.49. The molecule has 2 fully saturated rings. The predicted molar refractivity (Wildman–Crippen MR) is 132 cm³/mol. The van der Waals surface area contributed by atoms with Crippen molar-refractivity contribution in [1.82, 2.24) is 18.8 Å². The molecule has 0 bridgehead atoms. The summed E-state index contributed by atoms with van der Waals surface area (Å²) in [6.45, 7) is 0.0787. The Hall–Kier alpha value is -2.76. The average molecular weight is 598 g/mol. The van der Waals surface area contributed by atoms with Crippen molar-refractivity contribution in [3.8, 4) is 11.5 Å². The molecule has 10 nitrogen and oxygen atoms in total. The van der Waals surface area contributed by atoms with Crippen molar-refractivity contribution in [3.63, 3.8) is 0 Å². The molecule has 1 aromatic carbocycles. The summed E-state index contributed by atoms with van der Waals surface area (Å²) in [5.41, 5.74) is 0.654. The smallest absolute Gasteiger partial charge is 0.347 e. The molecule has 0 radical (unpaired) electrons. The quantitative estimate of drug-likeness (QED) is 0.244. The number of benzene rings is 1. The number of halogens is 3. The Morgan fingerprint density at radius 3 is 2.64 bits per heavy atom. The third-order valence-corrected chi connectivity index (χ3v) is 9.53. The number of hydrogen-bond acceptors (Lipinski definition) is 6. The van der Waals surface area contributed by atoms with E-state index in [9.17, 15) is 24.3 Å². The number of rotatable bonds is 2. The maximum Gasteiger partial charge on any atom is 0.347 e. The van der Waals surface area contributed by atoms with Crippen molar-refractivity contribution in [1.29, 1.82) is 0 Å². The molecule has 4 aliphatic rings. The van der Waals surface area contributed by atoms with E-state index >= 15 is 0 Å². The van der Waals surface area contributed by atoms with Gasteiger partial charge in [0.25, 0.3) is 11.8 Å². The first kappa shape index (κ1) is 23.6. The first-order valence-corrected chi connectivity index (χ1v) is 13.0. The maximum atomic E-state index is 13.7. The first-order chi connectivity index (χ1) is 17.0. The van der Waals surface area contributed by atoms with Gasteiger partial charge in [0.05, 0.1) is 24.3 Å². The molecule has 3 aliphatic heterocycles. The highest BCUT2D eigenvalue weighted by molar-refractivity contribution is 9.09. The predicted octanol–water partition coefficient (Wildman–Crippen LogP) is 1.75. The number of carbonyl (C=O) groups is 2. The van der Waals surface area contributed by atoms with Gasteiger partial charge in [-0.05, 0) is 29.3 Å². The summed E-state index contributed by atoms with van der Waals surface area (Å²) in [5, 5.41) is 10.0. The molecule has 1 aromatic heterocycles. The van der Waals surface area contributed by atoms with Gasteiger partial charge >= 0.3 is 11.4 Å². The molecule has 36 heavy (non-hydrogen) atoms. The fourth-order valence-corrected chi connectivity index (χ4v) is 7.35. The van der Waals surface area contributed by atoms with E-state index in [2.05, 4.69) is 15.9 Å². The Morgan fingerprint density at radius 1 is 1.17 bits per heavy atom. The summed E-state index contributed by atoms with van der Waals surface area (Å²) >= 11 is 17.4. The minimum Gasteiger partial charge on any atom is -0.508 e. The Bertz CT molecular complexity index is 1560. The zero-order chi connectivity index (χ0) is 25.7.